The fraction of sp³-hybridized carbons (Fsp3) is 0.923. The summed E-state index contributed by atoms with van der Waals surface area (Å²) in [6.07, 6.45) is 6.67. The lowest BCUT2D eigenvalue weighted by atomic mass is 10.2. The fourth-order valence-corrected chi connectivity index (χ4v) is 2.64. The third kappa shape index (κ3) is 3.93. The summed E-state index contributed by atoms with van der Waals surface area (Å²) in [5.41, 5.74) is 5.51. The maximum Gasteiger partial charge on any atom is 0.249 e. The molecule has 1 saturated carbocycles. The normalized spacial score (nSPS) is 28.7. The molecule has 0 radical (unpaired) electrons. The predicted octanol–water partition coefficient (Wildman–Crippen LogP) is 0.568. The van der Waals surface area contributed by atoms with Gasteiger partial charge in [-0.2, -0.15) is 0 Å². The van der Waals surface area contributed by atoms with E-state index < -0.39 is 0 Å². The minimum atomic E-state index is -0.315. The van der Waals surface area contributed by atoms with Crippen LogP contribution in [0.15, 0.2) is 0 Å². The van der Waals surface area contributed by atoms with Crippen molar-refractivity contribution < 1.29 is 14.3 Å². The Balaban J connectivity index is 1.54. The molecule has 1 heterocycles. The Kier molecular flexibility index (Phi) is 5.41. The van der Waals surface area contributed by atoms with Crippen molar-refractivity contribution in [3.8, 4) is 0 Å². The molecule has 2 unspecified atom stereocenters. The molecule has 2 rings (SSSR count). The number of hydrogen-bond acceptors (Lipinski definition) is 4. The van der Waals surface area contributed by atoms with Gasteiger partial charge in [0.25, 0.3) is 0 Å². The van der Waals surface area contributed by atoms with Gasteiger partial charge in [0.15, 0.2) is 0 Å². The molecule has 0 spiro atoms. The van der Waals surface area contributed by atoms with Crippen molar-refractivity contribution >= 4 is 5.91 Å². The maximum atomic E-state index is 11.8. The maximum absolute atomic E-state index is 11.8. The van der Waals surface area contributed by atoms with Crippen molar-refractivity contribution in [3.05, 3.63) is 0 Å². The number of ether oxygens (including phenoxy) is 2. The van der Waals surface area contributed by atoms with E-state index in [0.29, 0.717) is 25.8 Å². The van der Waals surface area contributed by atoms with Gasteiger partial charge in [-0.1, -0.05) is 12.8 Å². The quantitative estimate of drug-likeness (QED) is 0.681. The van der Waals surface area contributed by atoms with Crippen LogP contribution in [0.3, 0.4) is 0 Å². The van der Waals surface area contributed by atoms with Gasteiger partial charge in [-0.05, 0) is 25.7 Å². The van der Waals surface area contributed by atoms with Crippen LogP contribution >= 0.6 is 0 Å². The molecule has 18 heavy (non-hydrogen) atoms. The van der Waals surface area contributed by atoms with E-state index in [1.165, 1.54) is 12.8 Å². The molecule has 1 aliphatic heterocycles. The van der Waals surface area contributed by atoms with E-state index in [1.54, 1.807) is 0 Å². The summed E-state index contributed by atoms with van der Waals surface area (Å²) in [5.74, 6) is -0.0269. The van der Waals surface area contributed by atoms with Gasteiger partial charge in [-0.15, -0.1) is 0 Å². The van der Waals surface area contributed by atoms with Crippen molar-refractivity contribution in [2.24, 2.45) is 5.73 Å². The monoisotopic (exact) mass is 256 g/mol. The first-order valence-electron chi connectivity index (χ1n) is 7.04. The molecular formula is C13H24N2O3. The first kappa shape index (κ1) is 13.8. The zero-order valence-corrected chi connectivity index (χ0v) is 10.9. The first-order chi connectivity index (χ1) is 8.79. The molecule has 5 heteroatoms. The zero-order chi connectivity index (χ0) is 12.8. The molecule has 0 bridgehead atoms. The summed E-state index contributed by atoms with van der Waals surface area (Å²) in [7, 11) is 0. The summed E-state index contributed by atoms with van der Waals surface area (Å²) in [5, 5.41) is 2.86. The molecule has 2 atom stereocenters. The molecule has 1 saturated heterocycles. The molecule has 5 nitrogen and oxygen atoms in total. The second-order valence-corrected chi connectivity index (χ2v) is 5.13. The Labute approximate surface area is 108 Å². The summed E-state index contributed by atoms with van der Waals surface area (Å²) >= 11 is 0. The Morgan fingerprint density at radius 1 is 1.28 bits per heavy atom. The van der Waals surface area contributed by atoms with Gasteiger partial charge in [0.1, 0.15) is 6.10 Å². The minimum Gasteiger partial charge on any atom is -0.376 e. The Hall–Kier alpha value is -0.650. The number of rotatable bonds is 6. The van der Waals surface area contributed by atoms with Crippen LogP contribution in [0, 0.1) is 0 Å². The van der Waals surface area contributed by atoms with Gasteiger partial charge in [-0.25, -0.2) is 0 Å². The second kappa shape index (κ2) is 7.07. The Morgan fingerprint density at radius 2 is 2.06 bits per heavy atom. The summed E-state index contributed by atoms with van der Waals surface area (Å²) in [6, 6.07) is 0. The number of nitrogens with one attached hydrogen (secondary N) is 1. The number of carbonyl (C=O) groups is 1. The first-order valence-corrected chi connectivity index (χ1v) is 7.04. The topological polar surface area (TPSA) is 73.6 Å². The van der Waals surface area contributed by atoms with Crippen molar-refractivity contribution in [1.82, 2.24) is 5.32 Å². The van der Waals surface area contributed by atoms with Crippen LogP contribution in [-0.2, 0) is 14.3 Å². The van der Waals surface area contributed by atoms with Crippen LogP contribution in [0.1, 0.15) is 38.5 Å². The molecular weight excluding hydrogens is 232 g/mol. The zero-order valence-electron chi connectivity index (χ0n) is 10.9. The van der Waals surface area contributed by atoms with Crippen LogP contribution in [0.2, 0.25) is 0 Å². The van der Waals surface area contributed by atoms with Crippen LogP contribution in [0.4, 0.5) is 0 Å². The molecule has 1 amide bonds. The molecule has 0 aromatic heterocycles. The van der Waals surface area contributed by atoms with E-state index in [9.17, 15) is 4.79 Å². The van der Waals surface area contributed by atoms with E-state index in [-0.39, 0.29) is 18.1 Å². The lowest BCUT2D eigenvalue weighted by molar-refractivity contribution is -0.132. The Bertz CT molecular complexity index is 267. The van der Waals surface area contributed by atoms with Gasteiger partial charge < -0.3 is 20.5 Å². The molecule has 3 N–H and O–H groups in total. The van der Waals surface area contributed by atoms with Crippen LogP contribution in [0.25, 0.3) is 0 Å². The van der Waals surface area contributed by atoms with E-state index in [1.807, 2.05) is 0 Å². The highest BCUT2D eigenvalue weighted by Crippen LogP contribution is 2.20. The minimum absolute atomic E-state index is 0.0269. The summed E-state index contributed by atoms with van der Waals surface area (Å²) in [6.45, 7) is 1.67. The summed E-state index contributed by atoms with van der Waals surface area (Å²) < 4.78 is 11.2. The lowest BCUT2D eigenvalue weighted by Gasteiger charge is -2.14. The average molecular weight is 256 g/mol. The molecule has 0 aromatic rings. The Morgan fingerprint density at radius 3 is 2.72 bits per heavy atom. The van der Waals surface area contributed by atoms with Crippen LogP contribution < -0.4 is 11.1 Å². The average Bonchev–Trinajstić information content (AvgIpc) is 3.05. The van der Waals surface area contributed by atoms with E-state index in [2.05, 4.69) is 5.32 Å². The third-order valence-electron chi connectivity index (χ3n) is 3.72. The fourth-order valence-electron chi connectivity index (χ4n) is 2.64. The smallest absolute Gasteiger partial charge is 0.249 e. The van der Waals surface area contributed by atoms with E-state index in [0.717, 1.165) is 25.7 Å². The molecule has 104 valence electrons. The number of amides is 1. The largest absolute Gasteiger partial charge is 0.376 e. The highest BCUT2D eigenvalue weighted by molar-refractivity contribution is 5.80. The van der Waals surface area contributed by atoms with Crippen molar-refractivity contribution in [1.29, 1.82) is 0 Å². The van der Waals surface area contributed by atoms with Crippen molar-refractivity contribution in [3.63, 3.8) is 0 Å². The molecule has 2 aliphatic rings. The molecule has 1 aliphatic carbocycles. The van der Waals surface area contributed by atoms with E-state index >= 15 is 0 Å². The van der Waals surface area contributed by atoms with Crippen molar-refractivity contribution in [2.45, 2.75) is 56.8 Å². The second-order valence-electron chi connectivity index (χ2n) is 5.13. The van der Waals surface area contributed by atoms with Crippen LogP contribution in [0.5, 0.6) is 0 Å². The molecule has 2 fully saturated rings. The highest BCUT2D eigenvalue weighted by Gasteiger charge is 2.29. The number of hydrogen-bond donors (Lipinski definition) is 2. The van der Waals surface area contributed by atoms with Gasteiger partial charge in [0, 0.05) is 13.1 Å². The number of nitrogens with two attached hydrogens (primary N) is 1. The lowest BCUT2D eigenvalue weighted by Crippen LogP contribution is -2.37. The standard InChI is InChI=1S/C13H24N2O3/c14-9-11-5-6-12(18-11)13(16)15-7-8-17-10-3-1-2-4-10/h10-12H,1-9,14H2,(H,15,16). The van der Waals surface area contributed by atoms with Crippen LogP contribution in [-0.4, -0.2) is 43.9 Å². The molecule has 0 aromatic carbocycles. The third-order valence-corrected chi connectivity index (χ3v) is 3.72. The predicted molar refractivity (Wildman–Crippen MR) is 68.2 cm³/mol. The SMILES string of the molecule is NCC1CCC(C(=O)NCCOC2CCCC2)O1. The van der Waals surface area contributed by atoms with Crippen molar-refractivity contribution in [2.75, 3.05) is 19.7 Å². The van der Waals surface area contributed by atoms with E-state index in [4.69, 9.17) is 15.2 Å². The summed E-state index contributed by atoms with van der Waals surface area (Å²) in [4.78, 5) is 11.8. The van der Waals surface area contributed by atoms with Gasteiger partial charge in [-0.3, -0.25) is 4.79 Å². The van der Waals surface area contributed by atoms with Gasteiger partial charge in [0.05, 0.1) is 18.8 Å². The number of carbonyl (C=O) groups excluding carboxylic acids is 1. The van der Waals surface area contributed by atoms with Gasteiger partial charge in [0.2, 0.25) is 5.91 Å². The van der Waals surface area contributed by atoms with Gasteiger partial charge >= 0.3 is 0 Å². The highest BCUT2D eigenvalue weighted by atomic mass is 16.5.